The highest BCUT2D eigenvalue weighted by molar-refractivity contribution is 6.02. The average Bonchev–Trinajstić information content (AvgIpc) is 2.78. The second-order valence-electron chi connectivity index (χ2n) is 8.80. The molecule has 6 nitrogen and oxygen atoms in total. The minimum Gasteiger partial charge on any atom is -0.493 e. The lowest BCUT2D eigenvalue weighted by atomic mass is 9.73. The molecule has 0 fully saturated rings. The Balaban J connectivity index is 1.62. The van der Waals surface area contributed by atoms with E-state index < -0.39 is 0 Å². The molecular weight excluding hydrogens is 418 g/mol. The normalized spacial score (nSPS) is 20.4. The van der Waals surface area contributed by atoms with Gasteiger partial charge >= 0.3 is 0 Å². The molecule has 174 valence electrons. The number of amides is 1. The van der Waals surface area contributed by atoms with E-state index in [-0.39, 0.29) is 36.1 Å². The number of methoxy groups -OCH3 is 1. The first kappa shape index (κ1) is 22.9. The van der Waals surface area contributed by atoms with Gasteiger partial charge in [0.1, 0.15) is 5.75 Å². The molecule has 6 heteroatoms. The van der Waals surface area contributed by atoms with Gasteiger partial charge in [-0.05, 0) is 68.5 Å². The summed E-state index contributed by atoms with van der Waals surface area (Å²) in [5.41, 5.74) is 3.43. The fourth-order valence-corrected chi connectivity index (χ4v) is 4.75. The number of carbonyl (C=O) groups is 2. The summed E-state index contributed by atoms with van der Waals surface area (Å²) in [6.07, 6.45) is 1.40. The van der Waals surface area contributed by atoms with Crippen molar-refractivity contribution in [2.75, 3.05) is 13.7 Å². The zero-order valence-corrected chi connectivity index (χ0v) is 19.6. The molecule has 4 rings (SSSR count). The first-order chi connectivity index (χ1) is 15.9. The number of benzene rings is 2. The van der Waals surface area contributed by atoms with Crippen molar-refractivity contribution in [3.63, 3.8) is 0 Å². The molecule has 0 bridgehead atoms. The summed E-state index contributed by atoms with van der Waals surface area (Å²) in [6, 6.07) is 13.6. The van der Waals surface area contributed by atoms with Gasteiger partial charge in [0.05, 0.1) is 19.8 Å². The highest BCUT2D eigenvalue weighted by Gasteiger charge is 2.38. The second-order valence-corrected chi connectivity index (χ2v) is 8.80. The Morgan fingerprint density at radius 2 is 1.70 bits per heavy atom. The van der Waals surface area contributed by atoms with Gasteiger partial charge in [-0.3, -0.25) is 9.59 Å². The molecule has 0 saturated carbocycles. The minimum absolute atomic E-state index is 0.0262. The van der Waals surface area contributed by atoms with E-state index in [1.165, 1.54) is 0 Å². The molecular formula is C27H31NO5. The number of hydrogen-bond donors (Lipinski definition) is 1. The highest BCUT2D eigenvalue weighted by Crippen LogP contribution is 2.44. The maximum Gasteiger partial charge on any atom is 0.225 e. The second kappa shape index (κ2) is 9.69. The molecule has 2 aromatic carbocycles. The summed E-state index contributed by atoms with van der Waals surface area (Å²) in [7, 11) is 1.59. The predicted molar refractivity (Wildman–Crippen MR) is 126 cm³/mol. The third kappa shape index (κ3) is 4.90. The maximum atomic E-state index is 13.3. The predicted octanol–water partition coefficient (Wildman–Crippen LogP) is 4.89. The molecule has 0 radical (unpaired) electrons. The number of carbonyl (C=O) groups excluding carboxylic acids is 2. The van der Waals surface area contributed by atoms with Crippen LogP contribution in [0.5, 0.6) is 17.2 Å². The van der Waals surface area contributed by atoms with Crippen molar-refractivity contribution in [2.45, 2.75) is 58.0 Å². The maximum absolute atomic E-state index is 13.3. The van der Waals surface area contributed by atoms with E-state index in [4.69, 9.17) is 14.2 Å². The van der Waals surface area contributed by atoms with E-state index in [1.54, 1.807) is 7.11 Å². The SMILES string of the molecule is CCOc1ccc(C2CC(=O)NC3=C2C(=O)CC(c2ccc(OC(C)C)cc2)C3)cc1OC. The zero-order chi connectivity index (χ0) is 23.5. The van der Waals surface area contributed by atoms with E-state index in [2.05, 4.69) is 5.32 Å². The Morgan fingerprint density at radius 1 is 0.970 bits per heavy atom. The van der Waals surface area contributed by atoms with Crippen molar-refractivity contribution in [2.24, 2.45) is 0 Å². The number of nitrogens with one attached hydrogen (secondary N) is 1. The molecule has 2 atom stereocenters. The Hall–Kier alpha value is -3.28. The minimum atomic E-state index is -0.284. The molecule has 0 saturated heterocycles. The number of hydrogen-bond acceptors (Lipinski definition) is 5. The third-order valence-corrected chi connectivity index (χ3v) is 6.15. The lowest BCUT2D eigenvalue weighted by molar-refractivity contribution is -0.122. The number of rotatable bonds is 7. The molecule has 2 unspecified atom stereocenters. The highest BCUT2D eigenvalue weighted by atomic mass is 16.5. The molecule has 0 aromatic heterocycles. The van der Waals surface area contributed by atoms with Crippen molar-refractivity contribution in [1.82, 2.24) is 5.32 Å². The first-order valence-corrected chi connectivity index (χ1v) is 11.5. The molecule has 1 heterocycles. The molecule has 0 spiro atoms. The lowest BCUT2D eigenvalue weighted by Crippen LogP contribution is -2.38. The summed E-state index contributed by atoms with van der Waals surface area (Å²) in [5.74, 6) is 1.82. The van der Waals surface area contributed by atoms with Crippen LogP contribution < -0.4 is 19.5 Å². The van der Waals surface area contributed by atoms with E-state index in [9.17, 15) is 9.59 Å². The number of Topliss-reactive ketones (excluding diaryl/α,β-unsaturated/α-hetero) is 1. The summed E-state index contributed by atoms with van der Waals surface area (Å²) in [6.45, 7) is 6.42. The van der Waals surface area contributed by atoms with Crippen LogP contribution in [-0.2, 0) is 9.59 Å². The smallest absolute Gasteiger partial charge is 0.225 e. The molecule has 1 aliphatic heterocycles. The molecule has 33 heavy (non-hydrogen) atoms. The number of ketones is 1. The quantitative estimate of drug-likeness (QED) is 0.652. The first-order valence-electron chi connectivity index (χ1n) is 11.5. The molecule has 1 aliphatic carbocycles. The lowest BCUT2D eigenvalue weighted by Gasteiger charge is -2.34. The van der Waals surface area contributed by atoms with Crippen LogP contribution in [0.15, 0.2) is 53.7 Å². The fourth-order valence-electron chi connectivity index (χ4n) is 4.75. The molecule has 2 aromatic rings. The van der Waals surface area contributed by atoms with Gasteiger partial charge in [0.25, 0.3) is 0 Å². The van der Waals surface area contributed by atoms with Gasteiger partial charge in [-0.25, -0.2) is 0 Å². The average molecular weight is 450 g/mol. The number of ether oxygens (including phenoxy) is 3. The zero-order valence-electron chi connectivity index (χ0n) is 19.6. The topological polar surface area (TPSA) is 73.9 Å². The Bertz CT molecular complexity index is 1070. The summed E-state index contributed by atoms with van der Waals surface area (Å²) < 4.78 is 16.8. The summed E-state index contributed by atoms with van der Waals surface area (Å²) >= 11 is 0. The van der Waals surface area contributed by atoms with E-state index in [1.807, 2.05) is 63.2 Å². The van der Waals surface area contributed by atoms with Gasteiger partial charge in [-0.1, -0.05) is 18.2 Å². The monoisotopic (exact) mass is 449 g/mol. The van der Waals surface area contributed by atoms with Crippen LogP contribution in [0.4, 0.5) is 0 Å². The summed E-state index contributed by atoms with van der Waals surface area (Å²) in [5, 5.41) is 2.99. The van der Waals surface area contributed by atoms with Gasteiger partial charge in [0.15, 0.2) is 17.3 Å². The Morgan fingerprint density at radius 3 is 2.36 bits per heavy atom. The summed E-state index contributed by atoms with van der Waals surface area (Å²) in [4.78, 5) is 25.9. The Kier molecular flexibility index (Phi) is 6.72. The molecule has 1 N–H and O–H groups in total. The van der Waals surface area contributed by atoms with Gasteiger partial charge in [-0.2, -0.15) is 0 Å². The number of allylic oxidation sites excluding steroid dienone is 2. The molecule has 1 amide bonds. The van der Waals surface area contributed by atoms with Crippen molar-refractivity contribution in [3.8, 4) is 17.2 Å². The van der Waals surface area contributed by atoms with Crippen LogP contribution in [-0.4, -0.2) is 31.5 Å². The van der Waals surface area contributed by atoms with Crippen LogP contribution >= 0.6 is 0 Å². The van der Waals surface area contributed by atoms with Crippen molar-refractivity contribution < 1.29 is 23.8 Å². The third-order valence-electron chi connectivity index (χ3n) is 6.15. The van der Waals surface area contributed by atoms with Crippen molar-refractivity contribution >= 4 is 11.7 Å². The van der Waals surface area contributed by atoms with Crippen LogP contribution in [0.3, 0.4) is 0 Å². The van der Waals surface area contributed by atoms with Gasteiger partial charge in [0, 0.05) is 30.0 Å². The van der Waals surface area contributed by atoms with Gasteiger partial charge in [-0.15, -0.1) is 0 Å². The van der Waals surface area contributed by atoms with Gasteiger partial charge < -0.3 is 19.5 Å². The van der Waals surface area contributed by atoms with E-state index >= 15 is 0 Å². The van der Waals surface area contributed by atoms with Crippen LogP contribution in [0.25, 0.3) is 0 Å². The van der Waals surface area contributed by atoms with E-state index in [0.717, 1.165) is 28.1 Å². The largest absolute Gasteiger partial charge is 0.493 e. The van der Waals surface area contributed by atoms with E-state index in [0.29, 0.717) is 30.9 Å². The van der Waals surface area contributed by atoms with Crippen molar-refractivity contribution in [1.29, 1.82) is 0 Å². The van der Waals surface area contributed by atoms with Crippen molar-refractivity contribution in [3.05, 3.63) is 64.9 Å². The molecule has 2 aliphatic rings. The van der Waals surface area contributed by atoms with Gasteiger partial charge in [0.2, 0.25) is 5.91 Å². The Labute approximate surface area is 194 Å². The van der Waals surface area contributed by atoms with Crippen LogP contribution in [0.1, 0.15) is 63.0 Å². The van der Waals surface area contributed by atoms with Crippen LogP contribution in [0, 0.1) is 0 Å². The standard InChI is InChI=1S/C27H31NO5/c1-5-32-24-11-8-18(14-25(24)31-4)21-15-26(30)28-22-12-19(13-23(29)27(21)22)17-6-9-20(10-7-17)33-16(2)3/h6-11,14,16,19,21H,5,12-13,15H2,1-4H3,(H,28,30). The van der Waals surface area contributed by atoms with Crippen LogP contribution in [0.2, 0.25) is 0 Å². The fraction of sp³-hybridized carbons (Fsp3) is 0.407.